The number of nitrogens with one attached hydrogen (secondary N) is 5. The second kappa shape index (κ2) is 16.3. The molecule has 0 aliphatic rings. The van der Waals surface area contributed by atoms with E-state index in [4.69, 9.17) is 17.2 Å². The van der Waals surface area contributed by atoms with Crippen LogP contribution in [0.4, 0.5) is 0 Å². The fourth-order valence-electron chi connectivity index (χ4n) is 4.19. The Hall–Kier alpha value is -5.45. The van der Waals surface area contributed by atoms with Gasteiger partial charge in [0.25, 0.3) is 0 Å². The van der Waals surface area contributed by atoms with Crippen molar-refractivity contribution < 1.29 is 29.4 Å². The Labute approximate surface area is 252 Å². The van der Waals surface area contributed by atoms with Crippen molar-refractivity contribution in [2.24, 2.45) is 22.2 Å². The van der Waals surface area contributed by atoms with Crippen molar-refractivity contribution in [3.63, 3.8) is 0 Å². The molecule has 0 saturated heterocycles. The number of nitrogens with zero attached hydrogens (tertiary/aromatic N) is 3. The molecule has 4 unspecified atom stereocenters. The first kappa shape index (κ1) is 33.1. The molecular formula is C27H37N11O6. The fourth-order valence-corrected chi connectivity index (χ4v) is 4.19. The number of guanidine groups is 1. The molecule has 2 aromatic heterocycles. The first-order valence-electron chi connectivity index (χ1n) is 13.7. The topological polar surface area (TPSA) is 293 Å². The van der Waals surface area contributed by atoms with Gasteiger partial charge in [-0.1, -0.05) is 12.1 Å². The number of carbonyl (C=O) groups excluding carboxylic acids is 3. The predicted octanol–water partition coefficient (Wildman–Crippen LogP) is -2.21. The number of phenols is 1. The van der Waals surface area contributed by atoms with E-state index in [-0.39, 0.29) is 43.9 Å². The number of aromatic nitrogens is 4. The van der Waals surface area contributed by atoms with Crippen molar-refractivity contribution in [3.05, 3.63) is 66.3 Å². The lowest BCUT2D eigenvalue weighted by Gasteiger charge is -2.25. The van der Waals surface area contributed by atoms with E-state index in [2.05, 4.69) is 40.9 Å². The summed E-state index contributed by atoms with van der Waals surface area (Å²) in [6.07, 6.45) is 6.22. The molecule has 0 aliphatic carbocycles. The molecule has 3 amide bonds. The zero-order valence-corrected chi connectivity index (χ0v) is 23.8. The zero-order chi connectivity index (χ0) is 32.1. The summed E-state index contributed by atoms with van der Waals surface area (Å²) >= 11 is 0. The number of benzene rings is 1. The summed E-state index contributed by atoms with van der Waals surface area (Å²) in [4.78, 5) is 69.2. The minimum absolute atomic E-state index is 0.00116. The minimum atomic E-state index is -1.33. The van der Waals surface area contributed by atoms with Crippen LogP contribution in [0.3, 0.4) is 0 Å². The molecule has 17 heteroatoms. The van der Waals surface area contributed by atoms with Crippen LogP contribution in [0.5, 0.6) is 5.75 Å². The maximum absolute atomic E-state index is 13.6. The van der Waals surface area contributed by atoms with Crippen LogP contribution in [0.15, 0.2) is 54.3 Å². The molecule has 236 valence electrons. The summed E-state index contributed by atoms with van der Waals surface area (Å²) in [5.41, 5.74) is 18.2. The third-order valence-electron chi connectivity index (χ3n) is 6.52. The van der Waals surface area contributed by atoms with Gasteiger partial charge in [0.2, 0.25) is 17.7 Å². The number of aliphatic imine (C=N–C) groups is 1. The van der Waals surface area contributed by atoms with Gasteiger partial charge < -0.3 is 53.3 Å². The molecule has 44 heavy (non-hydrogen) atoms. The largest absolute Gasteiger partial charge is 0.508 e. The van der Waals surface area contributed by atoms with Gasteiger partial charge in [0, 0.05) is 49.6 Å². The van der Waals surface area contributed by atoms with Crippen LogP contribution in [-0.4, -0.2) is 90.5 Å². The van der Waals surface area contributed by atoms with Crippen molar-refractivity contribution in [2.45, 2.75) is 56.3 Å². The number of hydrogen-bond acceptors (Lipinski definition) is 9. The van der Waals surface area contributed by atoms with Gasteiger partial charge in [0.15, 0.2) is 5.96 Å². The van der Waals surface area contributed by atoms with Gasteiger partial charge in [-0.25, -0.2) is 14.8 Å². The van der Waals surface area contributed by atoms with Crippen LogP contribution >= 0.6 is 0 Å². The average Bonchev–Trinajstić information content (AvgIpc) is 3.69. The Balaban J connectivity index is 1.78. The van der Waals surface area contributed by atoms with Crippen molar-refractivity contribution in [1.82, 2.24) is 35.9 Å². The third kappa shape index (κ3) is 10.8. The number of aromatic amines is 2. The van der Waals surface area contributed by atoms with Crippen LogP contribution in [0.2, 0.25) is 0 Å². The molecule has 0 spiro atoms. The Morgan fingerprint density at radius 3 is 1.86 bits per heavy atom. The Kier molecular flexibility index (Phi) is 12.2. The third-order valence-corrected chi connectivity index (χ3v) is 6.52. The molecule has 0 bridgehead atoms. The molecule has 0 aliphatic heterocycles. The lowest BCUT2D eigenvalue weighted by molar-refractivity contribution is -0.142. The van der Waals surface area contributed by atoms with E-state index in [1.165, 1.54) is 37.2 Å². The highest BCUT2D eigenvalue weighted by Gasteiger charge is 2.31. The summed E-state index contributed by atoms with van der Waals surface area (Å²) < 4.78 is 0. The van der Waals surface area contributed by atoms with E-state index in [1.54, 1.807) is 12.1 Å². The highest BCUT2D eigenvalue weighted by molar-refractivity contribution is 5.94. The summed E-state index contributed by atoms with van der Waals surface area (Å²) in [5.74, 6) is -3.48. The van der Waals surface area contributed by atoms with Crippen molar-refractivity contribution in [1.29, 1.82) is 0 Å². The van der Waals surface area contributed by atoms with E-state index >= 15 is 0 Å². The van der Waals surface area contributed by atoms with Crippen LogP contribution in [0, 0.1) is 0 Å². The zero-order valence-electron chi connectivity index (χ0n) is 23.8. The lowest BCUT2D eigenvalue weighted by atomic mass is 10.0. The van der Waals surface area contributed by atoms with Gasteiger partial charge in [-0.05, 0) is 30.5 Å². The van der Waals surface area contributed by atoms with Crippen LogP contribution in [0.1, 0.15) is 29.8 Å². The number of H-pyrrole nitrogens is 2. The van der Waals surface area contributed by atoms with Gasteiger partial charge in [0.1, 0.15) is 23.9 Å². The van der Waals surface area contributed by atoms with Gasteiger partial charge in [-0.3, -0.25) is 19.4 Å². The molecule has 3 aromatic rings. The number of phenolic OH excluding ortho intramolecular Hbond substituents is 1. The molecule has 3 rings (SSSR count). The number of nitrogens with two attached hydrogens (primary N) is 3. The number of carboxylic acids is 1. The Morgan fingerprint density at radius 2 is 1.34 bits per heavy atom. The number of hydrogen-bond donors (Lipinski definition) is 10. The average molecular weight is 612 g/mol. The van der Waals surface area contributed by atoms with Gasteiger partial charge in [0.05, 0.1) is 18.7 Å². The fraction of sp³-hybridized carbons (Fsp3) is 0.370. The predicted molar refractivity (Wildman–Crippen MR) is 158 cm³/mol. The number of amides is 3. The number of rotatable bonds is 17. The van der Waals surface area contributed by atoms with E-state index in [1.807, 2.05) is 0 Å². The molecule has 4 atom stereocenters. The number of carbonyl (C=O) groups is 4. The van der Waals surface area contributed by atoms with Crippen molar-refractivity contribution in [3.8, 4) is 5.75 Å². The summed E-state index contributed by atoms with van der Waals surface area (Å²) in [7, 11) is 0. The van der Waals surface area contributed by atoms with Crippen molar-refractivity contribution >= 4 is 29.7 Å². The second-order valence-corrected chi connectivity index (χ2v) is 10.0. The standard InChI is InChI=1S/C27H37N11O6/c28-19(2-1-7-33-27(29)30)23(40)36-21(9-16-11-31-13-34-16)25(42)37-20(8-15-3-5-18(39)6-4-15)24(41)38-22(26(43)44)10-17-12-32-14-35-17/h3-6,11-14,19-22,39H,1-2,7-10,28H2,(H,31,34)(H,32,35)(H,36,40)(H,37,42)(H,38,41)(H,43,44)(H4,29,30,33). The monoisotopic (exact) mass is 611 g/mol. The highest BCUT2D eigenvalue weighted by atomic mass is 16.4. The van der Waals surface area contributed by atoms with Crippen molar-refractivity contribution in [2.75, 3.05) is 6.54 Å². The quantitative estimate of drug-likeness (QED) is 0.0443. The molecule has 0 fully saturated rings. The van der Waals surface area contributed by atoms with Gasteiger partial charge >= 0.3 is 5.97 Å². The van der Waals surface area contributed by atoms with E-state index in [9.17, 15) is 29.4 Å². The molecule has 17 nitrogen and oxygen atoms in total. The summed E-state index contributed by atoms with van der Waals surface area (Å²) in [5, 5.41) is 27.1. The van der Waals surface area contributed by atoms with Crippen LogP contribution in [0.25, 0.3) is 0 Å². The normalized spacial score (nSPS) is 13.6. The lowest BCUT2D eigenvalue weighted by Crippen LogP contribution is -2.58. The number of imidazole rings is 2. The first-order valence-corrected chi connectivity index (χ1v) is 13.7. The maximum Gasteiger partial charge on any atom is 0.326 e. The molecule has 2 heterocycles. The molecular weight excluding hydrogens is 574 g/mol. The van der Waals surface area contributed by atoms with Crippen LogP contribution < -0.4 is 33.2 Å². The van der Waals surface area contributed by atoms with Crippen LogP contribution in [-0.2, 0) is 38.4 Å². The minimum Gasteiger partial charge on any atom is -0.508 e. The number of aromatic hydroxyl groups is 1. The van der Waals surface area contributed by atoms with Gasteiger partial charge in [-0.2, -0.15) is 0 Å². The Bertz CT molecular complexity index is 1390. The van der Waals surface area contributed by atoms with E-state index in [0.717, 1.165) is 0 Å². The molecule has 13 N–H and O–H groups in total. The van der Waals surface area contributed by atoms with E-state index in [0.29, 0.717) is 23.4 Å². The molecule has 0 saturated carbocycles. The summed E-state index contributed by atoms with van der Waals surface area (Å²) in [6.45, 7) is 0.271. The molecule has 1 aromatic carbocycles. The number of carboxylic acid groups (broad SMARTS) is 1. The van der Waals surface area contributed by atoms with E-state index < -0.39 is 47.9 Å². The van der Waals surface area contributed by atoms with Gasteiger partial charge in [-0.15, -0.1) is 0 Å². The highest BCUT2D eigenvalue weighted by Crippen LogP contribution is 2.12. The Morgan fingerprint density at radius 1 is 0.818 bits per heavy atom. The molecule has 0 radical (unpaired) electrons. The second-order valence-electron chi connectivity index (χ2n) is 10.0. The maximum atomic E-state index is 13.6. The first-order chi connectivity index (χ1) is 21.0. The smallest absolute Gasteiger partial charge is 0.326 e. The summed E-state index contributed by atoms with van der Waals surface area (Å²) in [6, 6.07) is 1.21. The number of aliphatic carboxylic acids is 1. The SMILES string of the molecule is NC(N)=NCCCC(N)C(=O)NC(Cc1cnc[nH]1)C(=O)NC(Cc1ccc(O)cc1)C(=O)NC(Cc1cnc[nH]1)C(=O)O.